The van der Waals surface area contributed by atoms with Crippen molar-refractivity contribution in [3.8, 4) is 0 Å². The lowest BCUT2D eigenvalue weighted by atomic mass is 10.1. The zero-order valence-corrected chi connectivity index (χ0v) is 13.6. The summed E-state index contributed by atoms with van der Waals surface area (Å²) < 4.78 is 0. The number of amides is 2. The van der Waals surface area contributed by atoms with Crippen LogP contribution in [-0.4, -0.2) is 57.3 Å². The van der Waals surface area contributed by atoms with Crippen molar-refractivity contribution in [2.45, 2.75) is 50.8 Å². The summed E-state index contributed by atoms with van der Waals surface area (Å²) in [6.45, 7) is 3.90. The van der Waals surface area contributed by atoms with Crippen LogP contribution in [0, 0.1) is 0 Å². The molecule has 1 aliphatic rings. The molecule has 1 saturated heterocycles. The van der Waals surface area contributed by atoms with Crippen LogP contribution in [0.2, 0.25) is 0 Å². The Labute approximate surface area is 133 Å². The minimum atomic E-state index is -1.05. The number of carbonyl (C=O) groups is 4. The third-order valence-electron chi connectivity index (χ3n) is 3.36. The quantitative estimate of drug-likeness (QED) is 0.633. The van der Waals surface area contributed by atoms with E-state index in [9.17, 15) is 19.2 Å². The Bertz CT molecular complexity index is 455. The average molecular weight is 330 g/mol. The van der Waals surface area contributed by atoms with E-state index in [4.69, 9.17) is 5.11 Å². The van der Waals surface area contributed by atoms with Gasteiger partial charge in [0.1, 0.15) is 6.04 Å². The van der Waals surface area contributed by atoms with Crippen LogP contribution in [0.3, 0.4) is 0 Å². The number of unbranched alkanes of at least 4 members (excludes halogenated alkanes) is 1. The molecule has 1 aliphatic heterocycles. The van der Waals surface area contributed by atoms with Crippen LogP contribution in [-0.2, 0) is 19.2 Å². The minimum Gasteiger partial charge on any atom is -0.480 e. The molecule has 0 aliphatic carbocycles. The van der Waals surface area contributed by atoms with Crippen molar-refractivity contribution in [3.63, 3.8) is 0 Å². The Morgan fingerprint density at radius 1 is 1.36 bits per heavy atom. The van der Waals surface area contributed by atoms with Crippen molar-refractivity contribution in [2.75, 3.05) is 13.1 Å². The van der Waals surface area contributed by atoms with Crippen LogP contribution < -0.4 is 5.32 Å². The molecule has 0 radical (unpaired) electrons. The summed E-state index contributed by atoms with van der Waals surface area (Å²) in [6.07, 6.45) is 1.99. The van der Waals surface area contributed by atoms with Crippen LogP contribution in [0.5, 0.6) is 0 Å². The normalized spacial score (nSPS) is 19.1. The number of carbonyl (C=O) groups excluding carboxylic acids is 3. The van der Waals surface area contributed by atoms with Crippen LogP contribution in [0.1, 0.15) is 39.5 Å². The fourth-order valence-corrected chi connectivity index (χ4v) is 3.37. The van der Waals surface area contributed by atoms with Crippen molar-refractivity contribution < 1.29 is 24.3 Å². The van der Waals surface area contributed by atoms with Crippen molar-refractivity contribution in [3.05, 3.63) is 0 Å². The summed E-state index contributed by atoms with van der Waals surface area (Å²) in [7, 11) is 0. The molecule has 0 saturated carbocycles. The van der Waals surface area contributed by atoms with E-state index in [1.165, 1.54) is 25.6 Å². The molecule has 22 heavy (non-hydrogen) atoms. The standard InChI is InChI=1S/C14H22N2O5S/c1-9(17)15-12(14(20)21)5-3-4-6-16-8-11(7-13(16)19)22-10(2)18/h11-12H,3-8H2,1-2H3,(H,15,17)(H,20,21)/t11?,12-/m0/s1. The largest absolute Gasteiger partial charge is 0.480 e. The lowest BCUT2D eigenvalue weighted by molar-refractivity contribution is -0.141. The lowest BCUT2D eigenvalue weighted by Gasteiger charge is -2.17. The smallest absolute Gasteiger partial charge is 0.326 e. The van der Waals surface area contributed by atoms with E-state index in [2.05, 4.69) is 5.32 Å². The molecule has 8 heteroatoms. The number of rotatable bonds is 8. The molecule has 0 aromatic heterocycles. The maximum absolute atomic E-state index is 11.8. The summed E-state index contributed by atoms with van der Waals surface area (Å²) in [5, 5.41) is 11.4. The van der Waals surface area contributed by atoms with Gasteiger partial charge in [0.15, 0.2) is 5.12 Å². The van der Waals surface area contributed by atoms with E-state index in [-0.39, 0.29) is 22.2 Å². The highest BCUT2D eigenvalue weighted by molar-refractivity contribution is 8.14. The second-order valence-corrected chi connectivity index (χ2v) is 6.84. The van der Waals surface area contributed by atoms with E-state index in [0.717, 1.165) is 0 Å². The van der Waals surface area contributed by atoms with E-state index < -0.39 is 12.0 Å². The molecule has 124 valence electrons. The maximum atomic E-state index is 11.8. The van der Waals surface area contributed by atoms with Gasteiger partial charge in [-0.1, -0.05) is 11.8 Å². The molecule has 0 spiro atoms. The van der Waals surface area contributed by atoms with E-state index in [1.807, 2.05) is 0 Å². The highest BCUT2D eigenvalue weighted by atomic mass is 32.2. The predicted octanol–water partition coefficient (Wildman–Crippen LogP) is 0.627. The number of carboxylic acids is 1. The molecule has 0 aromatic carbocycles. The fraction of sp³-hybridized carbons (Fsp3) is 0.714. The van der Waals surface area contributed by atoms with Crippen molar-refractivity contribution in [1.82, 2.24) is 10.2 Å². The predicted molar refractivity (Wildman–Crippen MR) is 82.3 cm³/mol. The van der Waals surface area contributed by atoms with Crippen LogP contribution >= 0.6 is 11.8 Å². The number of likely N-dealkylation sites (tertiary alicyclic amines) is 1. The van der Waals surface area contributed by atoms with Crippen molar-refractivity contribution in [1.29, 1.82) is 0 Å². The van der Waals surface area contributed by atoms with Crippen LogP contribution in [0.4, 0.5) is 0 Å². The summed E-state index contributed by atoms with van der Waals surface area (Å²) in [5.41, 5.74) is 0. The molecule has 2 atom stereocenters. The topological polar surface area (TPSA) is 104 Å². The van der Waals surface area contributed by atoms with Gasteiger partial charge in [-0.15, -0.1) is 0 Å². The molecule has 1 rings (SSSR count). The number of nitrogens with zero attached hydrogens (tertiary/aromatic N) is 1. The second kappa shape index (κ2) is 8.77. The first kappa shape index (κ1) is 18.5. The number of carboxylic acid groups (broad SMARTS) is 1. The van der Waals surface area contributed by atoms with Gasteiger partial charge >= 0.3 is 5.97 Å². The van der Waals surface area contributed by atoms with Crippen LogP contribution in [0.25, 0.3) is 0 Å². The molecule has 0 aromatic rings. The minimum absolute atomic E-state index is 0.0132. The molecule has 0 bridgehead atoms. The third-order valence-corrected chi connectivity index (χ3v) is 4.34. The van der Waals surface area contributed by atoms with Gasteiger partial charge in [-0.25, -0.2) is 4.79 Å². The van der Waals surface area contributed by atoms with Gasteiger partial charge in [0.25, 0.3) is 0 Å². The summed E-state index contributed by atoms with van der Waals surface area (Å²) in [6, 6.07) is -0.882. The summed E-state index contributed by atoms with van der Waals surface area (Å²) in [4.78, 5) is 46.4. The molecular formula is C14H22N2O5S. The van der Waals surface area contributed by atoms with Gasteiger partial charge in [0.05, 0.1) is 0 Å². The Morgan fingerprint density at radius 2 is 2.05 bits per heavy atom. The zero-order valence-electron chi connectivity index (χ0n) is 12.8. The molecule has 1 fully saturated rings. The monoisotopic (exact) mass is 330 g/mol. The molecular weight excluding hydrogens is 308 g/mol. The number of hydrogen-bond donors (Lipinski definition) is 2. The fourth-order valence-electron chi connectivity index (χ4n) is 2.42. The van der Waals surface area contributed by atoms with Crippen molar-refractivity contribution in [2.24, 2.45) is 0 Å². The van der Waals surface area contributed by atoms with Gasteiger partial charge in [-0.3, -0.25) is 14.4 Å². The second-order valence-electron chi connectivity index (χ2n) is 5.36. The van der Waals surface area contributed by atoms with E-state index in [1.54, 1.807) is 4.90 Å². The van der Waals surface area contributed by atoms with Gasteiger partial charge < -0.3 is 15.3 Å². The SMILES string of the molecule is CC(=O)N[C@@H](CCCCN1CC(SC(C)=O)CC1=O)C(=O)O. The Morgan fingerprint density at radius 3 is 2.59 bits per heavy atom. The summed E-state index contributed by atoms with van der Waals surface area (Å²) >= 11 is 1.20. The third kappa shape index (κ3) is 6.46. The summed E-state index contributed by atoms with van der Waals surface area (Å²) in [5.74, 6) is -1.38. The van der Waals surface area contributed by atoms with Gasteiger partial charge in [0, 0.05) is 38.6 Å². The van der Waals surface area contributed by atoms with Crippen molar-refractivity contribution >= 4 is 34.7 Å². The first-order valence-electron chi connectivity index (χ1n) is 7.24. The maximum Gasteiger partial charge on any atom is 0.326 e. The highest BCUT2D eigenvalue weighted by Crippen LogP contribution is 2.24. The number of aliphatic carboxylic acids is 1. The zero-order chi connectivity index (χ0) is 16.7. The number of nitrogens with one attached hydrogen (secondary N) is 1. The van der Waals surface area contributed by atoms with Gasteiger partial charge in [-0.2, -0.15) is 0 Å². The Balaban J connectivity index is 2.29. The first-order chi connectivity index (χ1) is 10.3. The number of hydrogen-bond acceptors (Lipinski definition) is 5. The van der Waals surface area contributed by atoms with E-state index in [0.29, 0.717) is 38.8 Å². The van der Waals surface area contributed by atoms with Gasteiger partial charge in [-0.05, 0) is 19.3 Å². The highest BCUT2D eigenvalue weighted by Gasteiger charge is 2.30. The molecule has 1 unspecified atom stereocenters. The lowest BCUT2D eigenvalue weighted by Crippen LogP contribution is -2.39. The average Bonchev–Trinajstić information content (AvgIpc) is 2.71. The van der Waals surface area contributed by atoms with E-state index >= 15 is 0 Å². The Hall–Kier alpha value is -1.57. The molecule has 7 nitrogen and oxygen atoms in total. The number of thioether (sulfide) groups is 1. The molecule has 1 heterocycles. The molecule has 2 N–H and O–H groups in total. The first-order valence-corrected chi connectivity index (χ1v) is 8.12. The van der Waals surface area contributed by atoms with Gasteiger partial charge in [0.2, 0.25) is 11.8 Å². The Kier molecular flexibility index (Phi) is 7.37. The molecule has 2 amide bonds. The van der Waals surface area contributed by atoms with Crippen LogP contribution in [0.15, 0.2) is 0 Å².